The third-order valence-corrected chi connectivity index (χ3v) is 5.81. The lowest BCUT2D eigenvalue weighted by atomic mass is 9.97. The summed E-state index contributed by atoms with van der Waals surface area (Å²) < 4.78 is 42.8. The summed E-state index contributed by atoms with van der Waals surface area (Å²) in [6.45, 7) is 0.406. The van der Waals surface area contributed by atoms with E-state index >= 15 is 0 Å². The molecule has 0 saturated carbocycles. The number of benzene rings is 2. The molecule has 1 aliphatic rings. The molecule has 132 valence electrons. The molecule has 25 heavy (non-hydrogen) atoms. The van der Waals surface area contributed by atoms with Gasteiger partial charge < -0.3 is 10.1 Å². The maximum atomic E-state index is 12.9. The third-order valence-electron chi connectivity index (χ3n) is 4.07. The number of hydrogen-bond acceptors (Lipinski definition) is 4. The minimum absolute atomic E-state index is 0.0300. The van der Waals surface area contributed by atoms with Crippen molar-refractivity contribution in [3.8, 4) is 0 Å². The number of sulfone groups is 1. The maximum absolute atomic E-state index is 12.9. The topological polar surface area (TPSA) is 72.5 Å². The van der Waals surface area contributed by atoms with Crippen molar-refractivity contribution in [3.05, 3.63) is 65.5 Å². The van der Waals surface area contributed by atoms with Gasteiger partial charge in [0.15, 0.2) is 15.9 Å². The Morgan fingerprint density at radius 2 is 1.88 bits per heavy atom. The number of halogens is 1. The van der Waals surface area contributed by atoms with Gasteiger partial charge in [-0.2, -0.15) is 0 Å². The summed E-state index contributed by atoms with van der Waals surface area (Å²) in [6.07, 6.45) is 0.0253. The van der Waals surface area contributed by atoms with E-state index < -0.39 is 21.8 Å². The normalized spacial score (nSPS) is 16.9. The summed E-state index contributed by atoms with van der Waals surface area (Å²) in [5, 5.41) is 2.61. The Hall–Kier alpha value is -2.25. The molecule has 7 heteroatoms. The van der Waals surface area contributed by atoms with E-state index in [-0.39, 0.29) is 23.1 Å². The SMILES string of the molecule is O=C(NCCS(=O)(=O)c1ccc(F)cc1)[C@@H]1OCCc2ccccc21. The van der Waals surface area contributed by atoms with Gasteiger partial charge in [0.05, 0.1) is 17.3 Å². The minimum atomic E-state index is -3.59. The summed E-state index contributed by atoms with van der Waals surface area (Å²) in [4.78, 5) is 12.4. The Morgan fingerprint density at radius 3 is 2.64 bits per heavy atom. The molecule has 0 aromatic heterocycles. The van der Waals surface area contributed by atoms with Crippen molar-refractivity contribution < 1.29 is 22.3 Å². The van der Waals surface area contributed by atoms with E-state index in [0.717, 1.165) is 29.7 Å². The minimum Gasteiger partial charge on any atom is -0.363 e. The first-order valence-electron chi connectivity index (χ1n) is 7.93. The fourth-order valence-electron chi connectivity index (χ4n) is 2.77. The molecular weight excluding hydrogens is 345 g/mol. The van der Waals surface area contributed by atoms with Gasteiger partial charge in [-0.25, -0.2) is 12.8 Å². The van der Waals surface area contributed by atoms with Crippen molar-refractivity contribution >= 4 is 15.7 Å². The molecule has 2 aromatic carbocycles. The first-order chi connectivity index (χ1) is 12.0. The van der Waals surface area contributed by atoms with Crippen LogP contribution < -0.4 is 5.32 Å². The van der Waals surface area contributed by atoms with E-state index in [4.69, 9.17) is 4.74 Å². The van der Waals surface area contributed by atoms with Crippen LogP contribution in [0.15, 0.2) is 53.4 Å². The molecule has 2 aromatic rings. The second kappa shape index (κ2) is 7.33. The van der Waals surface area contributed by atoms with E-state index in [0.29, 0.717) is 6.61 Å². The van der Waals surface area contributed by atoms with Crippen molar-refractivity contribution in [2.75, 3.05) is 18.9 Å². The standard InChI is InChI=1S/C18H18FNO4S/c19-14-5-7-15(8-6-14)25(22,23)12-10-20-18(21)17-16-4-2-1-3-13(16)9-11-24-17/h1-8,17H,9-12H2,(H,20,21)/t17-/m1/s1. The van der Waals surface area contributed by atoms with Crippen LogP contribution in [0.2, 0.25) is 0 Å². The number of fused-ring (bicyclic) bond motifs is 1. The zero-order valence-electron chi connectivity index (χ0n) is 13.4. The first kappa shape index (κ1) is 17.6. The van der Waals surface area contributed by atoms with Crippen LogP contribution in [0.1, 0.15) is 17.2 Å². The molecule has 1 heterocycles. The van der Waals surface area contributed by atoms with Gasteiger partial charge >= 0.3 is 0 Å². The largest absolute Gasteiger partial charge is 0.363 e. The van der Waals surface area contributed by atoms with Crippen LogP contribution in [0.25, 0.3) is 0 Å². The van der Waals surface area contributed by atoms with Gasteiger partial charge in [0.1, 0.15) is 5.82 Å². The van der Waals surface area contributed by atoms with Crippen molar-refractivity contribution in [2.24, 2.45) is 0 Å². The summed E-state index contributed by atoms with van der Waals surface area (Å²) >= 11 is 0. The molecule has 0 aliphatic carbocycles. The van der Waals surface area contributed by atoms with Gasteiger partial charge in [-0.1, -0.05) is 24.3 Å². The van der Waals surface area contributed by atoms with E-state index in [1.165, 1.54) is 12.1 Å². The third kappa shape index (κ3) is 4.05. The number of hydrogen-bond donors (Lipinski definition) is 1. The van der Waals surface area contributed by atoms with Crippen LogP contribution >= 0.6 is 0 Å². The number of carbonyl (C=O) groups excluding carboxylic acids is 1. The molecule has 0 unspecified atom stereocenters. The molecule has 5 nitrogen and oxygen atoms in total. The molecule has 1 aliphatic heterocycles. The Kier molecular flexibility index (Phi) is 5.15. The number of ether oxygens (including phenoxy) is 1. The molecule has 1 N–H and O–H groups in total. The van der Waals surface area contributed by atoms with E-state index in [1.807, 2.05) is 24.3 Å². The molecule has 0 fully saturated rings. The molecule has 1 atom stereocenters. The number of rotatable bonds is 5. The van der Waals surface area contributed by atoms with Crippen LogP contribution in [-0.4, -0.2) is 33.2 Å². The fraction of sp³-hybridized carbons (Fsp3) is 0.278. The number of carbonyl (C=O) groups is 1. The maximum Gasteiger partial charge on any atom is 0.253 e. The van der Waals surface area contributed by atoms with Gasteiger partial charge in [-0.3, -0.25) is 4.79 Å². The smallest absolute Gasteiger partial charge is 0.253 e. The quantitative estimate of drug-likeness (QED) is 0.825. The van der Waals surface area contributed by atoms with E-state index in [9.17, 15) is 17.6 Å². The van der Waals surface area contributed by atoms with E-state index in [1.54, 1.807) is 0 Å². The molecule has 3 rings (SSSR count). The molecule has 0 bridgehead atoms. The van der Waals surface area contributed by atoms with Crippen LogP contribution in [-0.2, 0) is 25.8 Å². The van der Waals surface area contributed by atoms with Gasteiger partial charge in [-0.15, -0.1) is 0 Å². The predicted octanol–water partition coefficient (Wildman–Crippen LogP) is 2.03. The van der Waals surface area contributed by atoms with Gasteiger partial charge in [0.25, 0.3) is 5.91 Å². The van der Waals surface area contributed by atoms with Crippen molar-refractivity contribution in [2.45, 2.75) is 17.4 Å². The molecule has 0 radical (unpaired) electrons. The Bertz CT molecular complexity index is 865. The highest BCUT2D eigenvalue weighted by atomic mass is 32.2. The lowest BCUT2D eigenvalue weighted by Gasteiger charge is -2.25. The lowest BCUT2D eigenvalue weighted by molar-refractivity contribution is -0.133. The average Bonchev–Trinajstić information content (AvgIpc) is 2.61. The van der Waals surface area contributed by atoms with Crippen LogP contribution in [0.4, 0.5) is 4.39 Å². The zero-order chi connectivity index (χ0) is 17.9. The van der Waals surface area contributed by atoms with E-state index in [2.05, 4.69) is 5.32 Å². The summed E-state index contributed by atoms with van der Waals surface area (Å²) in [5.41, 5.74) is 1.88. The van der Waals surface area contributed by atoms with Crippen LogP contribution in [0.5, 0.6) is 0 Å². The van der Waals surface area contributed by atoms with Crippen LogP contribution in [0, 0.1) is 5.82 Å². The molecule has 0 saturated heterocycles. The average molecular weight is 363 g/mol. The zero-order valence-corrected chi connectivity index (χ0v) is 14.3. The number of nitrogens with one attached hydrogen (secondary N) is 1. The molecular formula is C18H18FNO4S. The van der Waals surface area contributed by atoms with Crippen LogP contribution in [0.3, 0.4) is 0 Å². The Labute approximate surface area is 145 Å². The summed E-state index contributed by atoms with van der Waals surface area (Å²) in [7, 11) is -3.59. The second-order valence-electron chi connectivity index (χ2n) is 5.76. The van der Waals surface area contributed by atoms with Crippen molar-refractivity contribution in [3.63, 3.8) is 0 Å². The summed E-state index contributed by atoms with van der Waals surface area (Å²) in [6, 6.07) is 12.2. The fourth-order valence-corrected chi connectivity index (χ4v) is 3.93. The predicted molar refractivity (Wildman–Crippen MR) is 90.3 cm³/mol. The highest BCUT2D eigenvalue weighted by molar-refractivity contribution is 7.91. The Balaban J connectivity index is 1.61. The van der Waals surface area contributed by atoms with Gasteiger partial charge in [0.2, 0.25) is 0 Å². The molecule has 1 amide bonds. The summed E-state index contributed by atoms with van der Waals surface area (Å²) in [5.74, 6) is -1.12. The highest BCUT2D eigenvalue weighted by Crippen LogP contribution is 2.26. The Morgan fingerprint density at radius 1 is 1.16 bits per heavy atom. The van der Waals surface area contributed by atoms with Gasteiger partial charge in [0, 0.05) is 6.54 Å². The monoisotopic (exact) mass is 363 g/mol. The molecule has 0 spiro atoms. The number of amides is 1. The van der Waals surface area contributed by atoms with Crippen molar-refractivity contribution in [1.29, 1.82) is 0 Å². The van der Waals surface area contributed by atoms with Crippen molar-refractivity contribution in [1.82, 2.24) is 5.32 Å². The lowest BCUT2D eigenvalue weighted by Crippen LogP contribution is -2.36. The van der Waals surface area contributed by atoms with Gasteiger partial charge in [-0.05, 0) is 41.8 Å². The highest BCUT2D eigenvalue weighted by Gasteiger charge is 2.27. The second-order valence-corrected chi connectivity index (χ2v) is 7.87. The first-order valence-corrected chi connectivity index (χ1v) is 9.58.